The van der Waals surface area contributed by atoms with Crippen molar-refractivity contribution in [3.63, 3.8) is 0 Å². The van der Waals surface area contributed by atoms with E-state index in [2.05, 4.69) is 15.4 Å². The third kappa shape index (κ3) is 10.0. The van der Waals surface area contributed by atoms with Crippen LogP contribution in [0.5, 0.6) is 0 Å². The molecule has 0 aromatic rings. The minimum absolute atomic E-state index is 0.101. The van der Waals surface area contributed by atoms with Gasteiger partial charge in [-0.1, -0.05) is 6.92 Å². The van der Waals surface area contributed by atoms with Crippen molar-refractivity contribution in [3.05, 3.63) is 0 Å². The molecule has 0 saturated carbocycles. The van der Waals surface area contributed by atoms with Crippen molar-refractivity contribution < 1.29 is 19.1 Å². The van der Waals surface area contributed by atoms with Gasteiger partial charge in [-0.3, -0.25) is 19.3 Å². The molecule has 0 rings (SSSR count). The van der Waals surface area contributed by atoms with Crippen molar-refractivity contribution in [2.45, 2.75) is 20.3 Å². The number of esters is 1. The monoisotopic (exact) mass is 273 g/mol. The van der Waals surface area contributed by atoms with E-state index in [0.717, 1.165) is 6.42 Å². The molecule has 110 valence electrons. The van der Waals surface area contributed by atoms with Crippen LogP contribution in [0.3, 0.4) is 0 Å². The number of nitrogens with one attached hydrogen (secondary N) is 2. The summed E-state index contributed by atoms with van der Waals surface area (Å²) in [5.74, 6) is -0.672. The van der Waals surface area contributed by atoms with Crippen LogP contribution in [0.25, 0.3) is 0 Å². The third-order valence-corrected chi connectivity index (χ3v) is 2.31. The topological polar surface area (TPSA) is 87.7 Å². The summed E-state index contributed by atoms with van der Waals surface area (Å²) in [7, 11) is 1.32. The predicted octanol–water partition coefficient (Wildman–Crippen LogP) is -0.876. The Morgan fingerprint density at radius 3 is 2.26 bits per heavy atom. The van der Waals surface area contributed by atoms with E-state index in [1.54, 1.807) is 4.90 Å². The Hall–Kier alpha value is -1.63. The first-order valence-corrected chi connectivity index (χ1v) is 6.29. The van der Waals surface area contributed by atoms with Crippen LogP contribution in [0, 0.1) is 0 Å². The SMILES string of the molecule is CCCN(CC(=O)NCCNC(C)=O)CC(=O)OC. The molecule has 0 radical (unpaired) electrons. The molecule has 0 fully saturated rings. The highest BCUT2D eigenvalue weighted by Gasteiger charge is 2.13. The Morgan fingerprint density at radius 1 is 1.11 bits per heavy atom. The van der Waals surface area contributed by atoms with E-state index in [0.29, 0.717) is 19.6 Å². The summed E-state index contributed by atoms with van der Waals surface area (Å²) in [5.41, 5.74) is 0. The molecule has 0 unspecified atom stereocenters. The Bertz CT molecular complexity index is 307. The number of carbonyl (C=O) groups is 3. The van der Waals surface area contributed by atoms with Crippen LogP contribution in [0.1, 0.15) is 20.3 Å². The zero-order valence-corrected chi connectivity index (χ0v) is 11.8. The average Bonchev–Trinajstić information content (AvgIpc) is 2.34. The van der Waals surface area contributed by atoms with Gasteiger partial charge < -0.3 is 15.4 Å². The second-order valence-electron chi connectivity index (χ2n) is 4.12. The van der Waals surface area contributed by atoms with Gasteiger partial charge in [0.1, 0.15) is 0 Å². The highest BCUT2D eigenvalue weighted by atomic mass is 16.5. The lowest BCUT2D eigenvalue weighted by molar-refractivity contribution is -0.142. The molecule has 0 aliphatic heterocycles. The molecule has 0 bridgehead atoms. The maximum absolute atomic E-state index is 11.6. The van der Waals surface area contributed by atoms with E-state index in [1.807, 2.05) is 6.92 Å². The van der Waals surface area contributed by atoms with E-state index in [-0.39, 0.29) is 30.9 Å². The smallest absolute Gasteiger partial charge is 0.319 e. The van der Waals surface area contributed by atoms with Gasteiger partial charge in [-0.2, -0.15) is 0 Å². The number of carbonyl (C=O) groups excluding carboxylic acids is 3. The molecule has 0 aromatic carbocycles. The molecule has 0 aliphatic carbocycles. The zero-order chi connectivity index (χ0) is 14.7. The first kappa shape index (κ1) is 17.4. The van der Waals surface area contributed by atoms with Crippen molar-refractivity contribution in [2.24, 2.45) is 0 Å². The number of amides is 2. The Balaban J connectivity index is 3.95. The second-order valence-corrected chi connectivity index (χ2v) is 4.12. The summed E-state index contributed by atoms with van der Waals surface area (Å²) in [5, 5.41) is 5.25. The highest BCUT2D eigenvalue weighted by Crippen LogP contribution is 1.92. The van der Waals surface area contributed by atoms with Crippen LogP contribution < -0.4 is 10.6 Å². The van der Waals surface area contributed by atoms with Gasteiger partial charge in [0, 0.05) is 20.0 Å². The molecule has 0 saturated heterocycles. The van der Waals surface area contributed by atoms with Crippen LogP contribution in [0.4, 0.5) is 0 Å². The maximum atomic E-state index is 11.6. The molecule has 0 atom stereocenters. The fourth-order valence-electron chi connectivity index (χ4n) is 1.48. The lowest BCUT2D eigenvalue weighted by Crippen LogP contribution is -2.42. The van der Waals surface area contributed by atoms with Gasteiger partial charge in [0.05, 0.1) is 20.2 Å². The van der Waals surface area contributed by atoms with Crippen molar-refractivity contribution in [3.8, 4) is 0 Å². The molecule has 19 heavy (non-hydrogen) atoms. The Kier molecular flexibility index (Phi) is 9.42. The average molecular weight is 273 g/mol. The van der Waals surface area contributed by atoms with Crippen LogP contribution >= 0.6 is 0 Å². The minimum Gasteiger partial charge on any atom is -0.468 e. The van der Waals surface area contributed by atoms with Crippen LogP contribution in [-0.4, -0.2) is 62.5 Å². The summed E-state index contributed by atoms with van der Waals surface area (Å²) >= 11 is 0. The molecular weight excluding hydrogens is 250 g/mol. The largest absolute Gasteiger partial charge is 0.468 e. The summed E-state index contributed by atoms with van der Waals surface area (Å²) in [4.78, 5) is 35.1. The van der Waals surface area contributed by atoms with Gasteiger partial charge in [0.25, 0.3) is 0 Å². The van der Waals surface area contributed by atoms with Crippen molar-refractivity contribution in [1.82, 2.24) is 15.5 Å². The van der Waals surface area contributed by atoms with E-state index < -0.39 is 0 Å². The van der Waals surface area contributed by atoms with Crippen LogP contribution in [0.15, 0.2) is 0 Å². The third-order valence-electron chi connectivity index (χ3n) is 2.31. The standard InChI is InChI=1S/C12H23N3O4/c1-4-7-15(9-12(18)19-3)8-11(17)14-6-5-13-10(2)16/h4-9H2,1-3H3,(H,13,16)(H,14,17). The Labute approximate surface area is 113 Å². The van der Waals surface area contributed by atoms with Crippen molar-refractivity contribution in [1.29, 1.82) is 0 Å². The minimum atomic E-state index is -0.362. The van der Waals surface area contributed by atoms with Crippen LogP contribution in [0.2, 0.25) is 0 Å². The number of hydrogen-bond donors (Lipinski definition) is 2. The van der Waals surface area contributed by atoms with Crippen molar-refractivity contribution in [2.75, 3.05) is 39.8 Å². The van der Waals surface area contributed by atoms with E-state index in [1.165, 1.54) is 14.0 Å². The number of ether oxygens (including phenoxy) is 1. The lowest BCUT2D eigenvalue weighted by Gasteiger charge is -2.19. The Morgan fingerprint density at radius 2 is 1.74 bits per heavy atom. The molecular formula is C12H23N3O4. The molecule has 7 heteroatoms. The van der Waals surface area contributed by atoms with Gasteiger partial charge >= 0.3 is 5.97 Å². The number of methoxy groups -OCH3 is 1. The zero-order valence-electron chi connectivity index (χ0n) is 11.8. The van der Waals surface area contributed by atoms with Gasteiger partial charge in [0.2, 0.25) is 11.8 Å². The second kappa shape index (κ2) is 10.3. The molecule has 0 heterocycles. The predicted molar refractivity (Wildman–Crippen MR) is 70.4 cm³/mol. The normalized spacial score (nSPS) is 10.1. The van der Waals surface area contributed by atoms with Gasteiger partial charge in [-0.15, -0.1) is 0 Å². The molecule has 7 nitrogen and oxygen atoms in total. The highest BCUT2D eigenvalue weighted by molar-refractivity contribution is 5.79. The fourth-order valence-corrected chi connectivity index (χ4v) is 1.48. The fraction of sp³-hybridized carbons (Fsp3) is 0.750. The summed E-state index contributed by atoms with van der Waals surface area (Å²) in [6, 6.07) is 0. The number of hydrogen-bond acceptors (Lipinski definition) is 5. The quantitative estimate of drug-likeness (QED) is 0.421. The first-order valence-electron chi connectivity index (χ1n) is 6.29. The summed E-state index contributed by atoms with van der Waals surface area (Å²) in [6.07, 6.45) is 0.843. The van der Waals surface area contributed by atoms with Crippen LogP contribution in [-0.2, 0) is 19.1 Å². The lowest BCUT2D eigenvalue weighted by atomic mass is 10.3. The summed E-state index contributed by atoms with van der Waals surface area (Å²) in [6.45, 7) is 5.04. The molecule has 2 N–H and O–H groups in total. The molecule has 0 aliphatic rings. The summed E-state index contributed by atoms with van der Waals surface area (Å²) < 4.78 is 4.57. The first-order chi connectivity index (χ1) is 8.99. The van der Waals surface area contributed by atoms with E-state index in [4.69, 9.17) is 0 Å². The maximum Gasteiger partial charge on any atom is 0.319 e. The van der Waals surface area contributed by atoms with Gasteiger partial charge in [0.15, 0.2) is 0 Å². The van der Waals surface area contributed by atoms with E-state index in [9.17, 15) is 14.4 Å². The number of rotatable bonds is 9. The van der Waals surface area contributed by atoms with Gasteiger partial charge in [-0.05, 0) is 13.0 Å². The number of nitrogens with zero attached hydrogens (tertiary/aromatic N) is 1. The van der Waals surface area contributed by atoms with Crippen molar-refractivity contribution >= 4 is 17.8 Å². The van der Waals surface area contributed by atoms with Gasteiger partial charge in [-0.25, -0.2) is 0 Å². The molecule has 0 aromatic heterocycles. The molecule has 2 amide bonds. The van der Waals surface area contributed by atoms with E-state index >= 15 is 0 Å². The molecule has 0 spiro atoms.